The average molecular weight is 254 g/mol. The van der Waals surface area contributed by atoms with E-state index in [0.717, 1.165) is 11.1 Å². The number of rotatable bonds is 2. The van der Waals surface area contributed by atoms with Crippen molar-refractivity contribution in [1.82, 2.24) is 10.1 Å². The van der Waals surface area contributed by atoms with Crippen molar-refractivity contribution in [3.05, 3.63) is 59.9 Å². The molecule has 3 aromatic rings. The van der Waals surface area contributed by atoms with Crippen molar-refractivity contribution in [3.8, 4) is 22.8 Å². The highest BCUT2D eigenvalue weighted by molar-refractivity contribution is 5.62. The van der Waals surface area contributed by atoms with Crippen LogP contribution in [0, 0.1) is 12.7 Å². The van der Waals surface area contributed by atoms with E-state index in [2.05, 4.69) is 10.1 Å². The van der Waals surface area contributed by atoms with Crippen LogP contribution in [0.4, 0.5) is 4.39 Å². The molecule has 0 saturated carbocycles. The van der Waals surface area contributed by atoms with Gasteiger partial charge in [0.15, 0.2) is 0 Å². The van der Waals surface area contributed by atoms with Gasteiger partial charge >= 0.3 is 0 Å². The Labute approximate surface area is 109 Å². The molecule has 1 aromatic heterocycles. The van der Waals surface area contributed by atoms with E-state index in [-0.39, 0.29) is 5.82 Å². The topological polar surface area (TPSA) is 38.9 Å². The Bertz CT molecular complexity index is 704. The van der Waals surface area contributed by atoms with E-state index >= 15 is 0 Å². The van der Waals surface area contributed by atoms with Gasteiger partial charge in [0.25, 0.3) is 5.89 Å². The molecule has 0 fully saturated rings. The van der Waals surface area contributed by atoms with Crippen molar-refractivity contribution < 1.29 is 8.91 Å². The summed E-state index contributed by atoms with van der Waals surface area (Å²) in [7, 11) is 0. The molecule has 0 radical (unpaired) electrons. The second kappa shape index (κ2) is 4.65. The third-order valence-corrected chi connectivity index (χ3v) is 2.90. The third-order valence-electron chi connectivity index (χ3n) is 2.90. The molecule has 1 heterocycles. The molecule has 4 heteroatoms. The number of nitrogens with zero attached hydrogens (tertiary/aromatic N) is 2. The molecule has 3 nitrogen and oxygen atoms in total. The summed E-state index contributed by atoms with van der Waals surface area (Å²) in [4.78, 5) is 4.34. The number of hydrogen-bond donors (Lipinski definition) is 0. The molecule has 0 bridgehead atoms. The first-order chi connectivity index (χ1) is 9.24. The normalized spacial score (nSPS) is 10.6. The fourth-order valence-corrected chi connectivity index (χ4v) is 1.87. The van der Waals surface area contributed by atoms with Gasteiger partial charge in [-0.1, -0.05) is 29.4 Å². The molecule has 94 valence electrons. The zero-order chi connectivity index (χ0) is 13.2. The summed E-state index contributed by atoms with van der Waals surface area (Å²) in [6.07, 6.45) is 0. The minimum absolute atomic E-state index is 0.289. The molecule has 0 spiro atoms. The fourth-order valence-electron chi connectivity index (χ4n) is 1.87. The number of hydrogen-bond acceptors (Lipinski definition) is 3. The maximum atomic E-state index is 12.9. The summed E-state index contributed by atoms with van der Waals surface area (Å²) < 4.78 is 18.1. The maximum absolute atomic E-state index is 12.9. The van der Waals surface area contributed by atoms with E-state index in [1.807, 2.05) is 31.2 Å². The van der Waals surface area contributed by atoms with Gasteiger partial charge in [0.1, 0.15) is 5.82 Å². The first kappa shape index (κ1) is 11.6. The number of benzene rings is 2. The molecule has 3 rings (SSSR count). The monoisotopic (exact) mass is 254 g/mol. The van der Waals surface area contributed by atoms with Crippen LogP contribution in [-0.4, -0.2) is 10.1 Å². The van der Waals surface area contributed by atoms with Crippen LogP contribution in [0.1, 0.15) is 5.56 Å². The highest BCUT2D eigenvalue weighted by Gasteiger charge is 2.11. The van der Waals surface area contributed by atoms with Gasteiger partial charge in [-0.3, -0.25) is 0 Å². The lowest BCUT2D eigenvalue weighted by molar-refractivity contribution is 0.432. The molecule has 2 aromatic carbocycles. The van der Waals surface area contributed by atoms with E-state index in [0.29, 0.717) is 17.3 Å². The molecule has 0 N–H and O–H groups in total. The number of halogens is 1. The molecular formula is C15H11FN2O. The molecule has 0 atom stereocenters. The van der Waals surface area contributed by atoms with E-state index in [4.69, 9.17) is 4.52 Å². The number of aromatic nitrogens is 2. The molecule has 0 aliphatic carbocycles. The molecule has 0 aliphatic heterocycles. The zero-order valence-electron chi connectivity index (χ0n) is 10.3. The lowest BCUT2D eigenvalue weighted by Gasteiger charge is -1.98. The highest BCUT2D eigenvalue weighted by atomic mass is 19.1. The van der Waals surface area contributed by atoms with Crippen molar-refractivity contribution >= 4 is 0 Å². The van der Waals surface area contributed by atoms with E-state index in [1.165, 1.54) is 12.1 Å². The van der Waals surface area contributed by atoms with Gasteiger partial charge < -0.3 is 4.52 Å². The van der Waals surface area contributed by atoms with Crippen LogP contribution in [0.3, 0.4) is 0 Å². The minimum atomic E-state index is -0.289. The van der Waals surface area contributed by atoms with Gasteiger partial charge in [-0.25, -0.2) is 4.39 Å². The van der Waals surface area contributed by atoms with Crippen molar-refractivity contribution in [2.24, 2.45) is 0 Å². The second-order valence-electron chi connectivity index (χ2n) is 4.24. The van der Waals surface area contributed by atoms with Crippen molar-refractivity contribution in [2.75, 3.05) is 0 Å². The van der Waals surface area contributed by atoms with Crippen LogP contribution in [0.15, 0.2) is 53.1 Å². The predicted molar refractivity (Wildman–Crippen MR) is 69.9 cm³/mol. The molecular weight excluding hydrogens is 243 g/mol. The minimum Gasteiger partial charge on any atom is -0.334 e. The molecule has 0 unspecified atom stereocenters. The molecule has 0 amide bonds. The quantitative estimate of drug-likeness (QED) is 0.697. The van der Waals surface area contributed by atoms with Crippen LogP contribution in [0.2, 0.25) is 0 Å². The summed E-state index contributed by atoms with van der Waals surface area (Å²) in [5.41, 5.74) is 2.71. The standard InChI is InChI=1S/C15H11FN2O/c1-10-4-2-3-5-13(10)14-17-15(19-18-14)11-6-8-12(16)9-7-11/h2-9H,1H3. The first-order valence-electron chi connectivity index (χ1n) is 5.90. The lowest BCUT2D eigenvalue weighted by atomic mass is 10.1. The largest absolute Gasteiger partial charge is 0.334 e. The highest BCUT2D eigenvalue weighted by Crippen LogP contribution is 2.24. The summed E-state index contributed by atoms with van der Waals surface area (Å²) in [6.45, 7) is 1.99. The smallest absolute Gasteiger partial charge is 0.258 e. The van der Waals surface area contributed by atoms with Crippen LogP contribution < -0.4 is 0 Å². The van der Waals surface area contributed by atoms with Crippen LogP contribution in [-0.2, 0) is 0 Å². The van der Waals surface area contributed by atoms with Crippen molar-refractivity contribution in [1.29, 1.82) is 0 Å². The van der Waals surface area contributed by atoms with Gasteiger partial charge in [0.2, 0.25) is 5.82 Å². The third kappa shape index (κ3) is 2.25. The maximum Gasteiger partial charge on any atom is 0.258 e. The Morgan fingerprint density at radius 1 is 1.00 bits per heavy atom. The van der Waals surface area contributed by atoms with Gasteiger partial charge in [-0.15, -0.1) is 0 Å². The Morgan fingerprint density at radius 3 is 2.47 bits per heavy atom. The molecule has 0 saturated heterocycles. The van der Waals surface area contributed by atoms with Crippen molar-refractivity contribution in [3.63, 3.8) is 0 Å². The first-order valence-corrected chi connectivity index (χ1v) is 5.90. The lowest BCUT2D eigenvalue weighted by Crippen LogP contribution is -1.85. The van der Waals surface area contributed by atoms with Crippen LogP contribution in [0.25, 0.3) is 22.8 Å². The Morgan fingerprint density at radius 2 is 1.74 bits per heavy atom. The predicted octanol–water partition coefficient (Wildman–Crippen LogP) is 3.85. The molecule has 19 heavy (non-hydrogen) atoms. The van der Waals surface area contributed by atoms with E-state index in [1.54, 1.807) is 12.1 Å². The summed E-state index contributed by atoms with van der Waals surface area (Å²) in [5.74, 6) is 0.637. The van der Waals surface area contributed by atoms with Crippen LogP contribution >= 0.6 is 0 Å². The summed E-state index contributed by atoms with van der Waals surface area (Å²) in [6, 6.07) is 13.8. The van der Waals surface area contributed by atoms with Gasteiger partial charge in [-0.2, -0.15) is 4.98 Å². The van der Waals surface area contributed by atoms with Gasteiger partial charge in [0, 0.05) is 11.1 Å². The Kier molecular flexibility index (Phi) is 2.83. The zero-order valence-corrected chi connectivity index (χ0v) is 10.3. The van der Waals surface area contributed by atoms with E-state index < -0.39 is 0 Å². The summed E-state index contributed by atoms with van der Waals surface area (Å²) in [5, 5.41) is 3.97. The van der Waals surface area contributed by atoms with Gasteiger partial charge in [-0.05, 0) is 36.8 Å². The van der Waals surface area contributed by atoms with Crippen molar-refractivity contribution in [2.45, 2.75) is 6.92 Å². The fraction of sp³-hybridized carbons (Fsp3) is 0.0667. The average Bonchev–Trinajstić information content (AvgIpc) is 2.89. The molecule has 0 aliphatic rings. The Hall–Kier alpha value is -2.49. The van der Waals surface area contributed by atoms with Crippen LogP contribution in [0.5, 0.6) is 0 Å². The Balaban J connectivity index is 2.00. The SMILES string of the molecule is Cc1ccccc1-c1noc(-c2ccc(F)cc2)n1. The second-order valence-corrected chi connectivity index (χ2v) is 4.24. The van der Waals surface area contributed by atoms with E-state index in [9.17, 15) is 4.39 Å². The number of aryl methyl sites for hydroxylation is 1. The van der Waals surface area contributed by atoms with Gasteiger partial charge in [0.05, 0.1) is 0 Å². The summed E-state index contributed by atoms with van der Waals surface area (Å²) >= 11 is 0.